The SMILES string of the molecule is COc1c(N/C(C=C(N)Cl)=C(/N)C(=O)NC(O)(O)O)cccc1-c1ncn(C)n1. The highest BCUT2D eigenvalue weighted by Crippen LogP contribution is 2.35. The van der Waals surface area contributed by atoms with Crippen molar-refractivity contribution in [3.8, 4) is 17.1 Å². The van der Waals surface area contributed by atoms with Gasteiger partial charge in [0.2, 0.25) is 0 Å². The van der Waals surface area contributed by atoms with Crippen molar-refractivity contribution in [1.29, 1.82) is 0 Å². The Hall–Kier alpha value is -3.32. The zero-order chi connectivity index (χ0) is 21.8. The Bertz CT molecular complexity index is 961. The second-order valence-corrected chi connectivity index (χ2v) is 6.14. The second kappa shape index (κ2) is 8.79. The van der Waals surface area contributed by atoms with Crippen LogP contribution in [0.5, 0.6) is 5.75 Å². The Morgan fingerprint density at radius 3 is 2.55 bits per heavy atom. The smallest absolute Gasteiger partial charge is 0.369 e. The summed E-state index contributed by atoms with van der Waals surface area (Å²) in [7, 11) is 3.14. The van der Waals surface area contributed by atoms with Gasteiger partial charge in [-0.15, -0.1) is 0 Å². The predicted molar refractivity (Wildman–Crippen MR) is 103 cm³/mol. The van der Waals surface area contributed by atoms with Crippen LogP contribution in [-0.2, 0) is 11.8 Å². The van der Waals surface area contributed by atoms with Gasteiger partial charge in [0, 0.05) is 7.05 Å². The van der Waals surface area contributed by atoms with Crippen LogP contribution >= 0.6 is 11.6 Å². The van der Waals surface area contributed by atoms with E-state index in [-0.39, 0.29) is 10.9 Å². The summed E-state index contributed by atoms with van der Waals surface area (Å²) in [5.74, 6) is -0.496. The summed E-state index contributed by atoms with van der Waals surface area (Å²) >= 11 is 5.70. The maximum atomic E-state index is 12.0. The number of aromatic nitrogens is 3. The fourth-order valence-electron chi connectivity index (χ4n) is 2.30. The average Bonchev–Trinajstić information content (AvgIpc) is 3.04. The van der Waals surface area contributed by atoms with Crippen LogP contribution in [0.1, 0.15) is 0 Å². The molecule has 0 fully saturated rings. The maximum absolute atomic E-state index is 12.0. The summed E-state index contributed by atoms with van der Waals surface area (Å²) in [4.78, 5) is 16.2. The number of carbonyl (C=O) groups is 1. The number of para-hydroxylation sites is 1. The molecule has 1 heterocycles. The van der Waals surface area contributed by atoms with Gasteiger partial charge in [0.15, 0.2) is 11.6 Å². The van der Waals surface area contributed by atoms with Crippen molar-refractivity contribution < 1.29 is 24.9 Å². The number of anilines is 1. The number of aryl methyl sites for hydroxylation is 1. The lowest BCUT2D eigenvalue weighted by molar-refractivity contribution is -0.325. The lowest BCUT2D eigenvalue weighted by atomic mass is 10.1. The number of benzene rings is 1. The van der Waals surface area contributed by atoms with Gasteiger partial charge in [0.1, 0.15) is 17.2 Å². The molecule has 0 saturated heterocycles. The molecule has 0 bridgehead atoms. The van der Waals surface area contributed by atoms with E-state index in [1.165, 1.54) is 23.4 Å². The van der Waals surface area contributed by atoms with Crippen LogP contribution in [0.4, 0.5) is 5.69 Å². The molecule has 0 radical (unpaired) electrons. The van der Waals surface area contributed by atoms with E-state index in [0.717, 1.165) is 6.08 Å². The maximum Gasteiger partial charge on any atom is 0.369 e. The molecule has 1 amide bonds. The normalized spacial score (nSPS) is 13.0. The van der Waals surface area contributed by atoms with Gasteiger partial charge in [-0.1, -0.05) is 17.7 Å². The van der Waals surface area contributed by atoms with E-state index < -0.39 is 17.7 Å². The fraction of sp³-hybridized carbons (Fsp3) is 0.188. The molecule has 1 aromatic heterocycles. The molecule has 0 saturated carbocycles. The number of amides is 1. The molecule has 12 nitrogen and oxygen atoms in total. The number of ether oxygens (including phenoxy) is 1. The Morgan fingerprint density at radius 2 is 2.03 bits per heavy atom. The molecular formula is C16H20ClN7O5. The third-order valence-electron chi connectivity index (χ3n) is 3.43. The Morgan fingerprint density at radius 1 is 1.34 bits per heavy atom. The van der Waals surface area contributed by atoms with Gasteiger partial charge >= 0.3 is 6.10 Å². The van der Waals surface area contributed by atoms with Crippen LogP contribution in [0.15, 0.2) is 47.2 Å². The number of nitrogens with two attached hydrogens (primary N) is 2. The number of hydrogen-bond acceptors (Lipinski definition) is 10. The monoisotopic (exact) mass is 425 g/mol. The fourth-order valence-corrected chi connectivity index (χ4v) is 2.41. The minimum Gasteiger partial charge on any atom is -0.494 e. The number of aliphatic hydroxyl groups is 3. The topological polar surface area (TPSA) is 194 Å². The third-order valence-corrected chi connectivity index (χ3v) is 3.54. The van der Waals surface area contributed by atoms with Crippen molar-refractivity contribution in [1.82, 2.24) is 20.1 Å². The van der Waals surface area contributed by atoms with Gasteiger partial charge in [-0.2, -0.15) is 5.10 Å². The van der Waals surface area contributed by atoms with E-state index in [1.54, 1.807) is 25.2 Å². The number of hydrogen-bond donors (Lipinski definition) is 7. The standard InChI is InChI=1S/C16H20ClN7O5/c1-24-7-20-14(23-24)8-4-3-5-9(13(8)29-2)21-10(6-11(17)18)12(19)15(25)22-16(26,27)28/h3-7,21,26-28H,18-19H2,1-2H3,(H,22,25)/b11-6?,12-10+. The number of carbonyl (C=O) groups excluding carboxylic acids is 1. The van der Waals surface area contributed by atoms with Crippen LogP contribution in [0, 0.1) is 0 Å². The summed E-state index contributed by atoms with van der Waals surface area (Å²) in [6.45, 7) is 0. The van der Waals surface area contributed by atoms with Crippen molar-refractivity contribution in [3.63, 3.8) is 0 Å². The van der Waals surface area contributed by atoms with E-state index in [9.17, 15) is 4.79 Å². The van der Waals surface area contributed by atoms with Crippen molar-refractivity contribution in [2.24, 2.45) is 18.5 Å². The number of rotatable bonds is 7. The first kappa shape index (κ1) is 22.0. The molecule has 1 aromatic carbocycles. The first-order valence-corrected chi connectivity index (χ1v) is 8.31. The van der Waals surface area contributed by atoms with Crippen LogP contribution in [0.3, 0.4) is 0 Å². The molecule has 0 spiro atoms. The number of halogens is 1. The van der Waals surface area contributed by atoms with Gasteiger partial charge in [-0.05, 0) is 18.2 Å². The van der Waals surface area contributed by atoms with Crippen molar-refractivity contribution in [3.05, 3.63) is 47.2 Å². The molecule has 0 unspecified atom stereocenters. The number of nitrogens with one attached hydrogen (secondary N) is 2. The zero-order valence-electron chi connectivity index (χ0n) is 15.4. The van der Waals surface area contributed by atoms with E-state index in [1.807, 2.05) is 0 Å². The molecule has 0 aliphatic carbocycles. The summed E-state index contributed by atoms with van der Waals surface area (Å²) in [6.07, 6.45) is -0.828. The van der Waals surface area contributed by atoms with Crippen LogP contribution in [0.25, 0.3) is 11.4 Å². The third kappa shape index (κ3) is 5.83. The summed E-state index contributed by atoms with van der Waals surface area (Å²) in [5, 5.41) is 35.0. The Balaban J connectivity index is 2.50. The highest BCUT2D eigenvalue weighted by molar-refractivity contribution is 6.29. The zero-order valence-corrected chi connectivity index (χ0v) is 16.2. The minimum atomic E-state index is -3.47. The number of allylic oxidation sites excluding steroid dienone is 1. The minimum absolute atomic E-state index is 0.108. The largest absolute Gasteiger partial charge is 0.494 e. The van der Waals surface area contributed by atoms with Crippen molar-refractivity contribution >= 4 is 23.2 Å². The van der Waals surface area contributed by atoms with Crippen LogP contribution in [-0.4, -0.2) is 49.2 Å². The lowest BCUT2D eigenvalue weighted by Crippen LogP contribution is -2.49. The highest BCUT2D eigenvalue weighted by Gasteiger charge is 2.24. The van der Waals surface area contributed by atoms with E-state index >= 15 is 0 Å². The molecule has 0 atom stereocenters. The molecule has 13 heteroatoms. The second-order valence-electron chi connectivity index (χ2n) is 5.70. The van der Waals surface area contributed by atoms with Crippen molar-refractivity contribution in [2.75, 3.05) is 12.4 Å². The predicted octanol–water partition coefficient (Wildman–Crippen LogP) is -1.18. The van der Waals surface area contributed by atoms with Crippen molar-refractivity contribution in [2.45, 2.75) is 6.10 Å². The summed E-state index contributed by atoms with van der Waals surface area (Å²) < 4.78 is 6.96. The van der Waals surface area contributed by atoms with E-state index in [2.05, 4.69) is 15.4 Å². The quantitative estimate of drug-likeness (QED) is 0.123. The van der Waals surface area contributed by atoms with Crippen LogP contribution < -0.4 is 26.8 Å². The summed E-state index contributed by atoms with van der Waals surface area (Å²) in [5.41, 5.74) is 11.5. The van der Waals surface area contributed by atoms with Gasteiger partial charge < -0.3 is 36.8 Å². The molecule has 0 aliphatic heterocycles. The average molecular weight is 426 g/mol. The first-order chi connectivity index (χ1) is 13.5. The van der Waals surface area contributed by atoms with Gasteiger partial charge in [0.05, 0.1) is 24.1 Å². The molecular weight excluding hydrogens is 406 g/mol. The highest BCUT2D eigenvalue weighted by atomic mass is 35.5. The van der Waals surface area contributed by atoms with Gasteiger partial charge in [0.25, 0.3) is 5.91 Å². The van der Waals surface area contributed by atoms with Gasteiger partial charge in [-0.25, -0.2) is 4.98 Å². The number of methoxy groups -OCH3 is 1. The molecule has 2 aromatic rings. The van der Waals surface area contributed by atoms with E-state index in [4.69, 9.17) is 43.1 Å². The molecule has 156 valence electrons. The molecule has 2 rings (SSSR count). The first-order valence-electron chi connectivity index (χ1n) is 7.94. The lowest BCUT2D eigenvalue weighted by Gasteiger charge is -2.18. The van der Waals surface area contributed by atoms with Gasteiger partial charge in [-0.3, -0.25) is 14.8 Å². The Kier molecular flexibility index (Phi) is 6.66. The molecule has 29 heavy (non-hydrogen) atoms. The number of nitrogens with zero attached hydrogens (tertiary/aromatic N) is 3. The molecule has 9 N–H and O–H groups in total. The Labute approximate surface area is 170 Å². The van der Waals surface area contributed by atoms with E-state index in [0.29, 0.717) is 22.8 Å². The summed E-state index contributed by atoms with van der Waals surface area (Å²) in [6, 6.07) is 5.02. The molecule has 0 aliphatic rings. The van der Waals surface area contributed by atoms with Crippen LogP contribution in [0.2, 0.25) is 0 Å².